The molecule has 1 amide bonds. The van der Waals surface area contributed by atoms with Crippen LogP contribution in [0.3, 0.4) is 0 Å². The fourth-order valence-electron chi connectivity index (χ4n) is 9.20. The Morgan fingerprint density at radius 3 is 1.26 bits per heavy atom. The van der Waals surface area contributed by atoms with E-state index in [1.54, 1.807) is 0 Å². The van der Waals surface area contributed by atoms with Crippen molar-refractivity contribution in [1.29, 1.82) is 0 Å². The number of nitrogens with zero attached hydrogens (tertiary/aromatic N) is 1. The van der Waals surface area contributed by atoms with Crippen molar-refractivity contribution in [3.8, 4) is 0 Å². The quantitative estimate of drug-likeness (QED) is 0.0212. The number of hydrogen-bond acceptors (Lipinski definition) is 7. The van der Waals surface area contributed by atoms with Crippen LogP contribution in [-0.4, -0.2) is 69.4 Å². The molecule has 0 aliphatic heterocycles. The van der Waals surface area contributed by atoms with E-state index in [0.717, 1.165) is 77.0 Å². The van der Waals surface area contributed by atoms with Crippen LogP contribution >= 0.6 is 7.82 Å². The van der Waals surface area contributed by atoms with Crippen LogP contribution in [0.5, 0.6) is 0 Å². The second-order valence-corrected chi connectivity index (χ2v) is 24.0. The van der Waals surface area contributed by atoms with Gasteiger partial charge < -0.3 is 28.5 Å². The first-order chi connectivity index (χ1) is 35.4. The molecule has 10 heteroatoms. The number of amides is 1. The number of quaternary nitrogens is 1. The van der Waals surface area contributed by atoms with Gasteiger partial charge in [-0.1, -0.05) is 263 Å². The largest absolute Gasteiger partial charge is 0.756 e. The highest BCUT2D eigenvalue weighted by Crippen LogP contribution is 2.38. The average molecular weight is 1050 g/mol. The molecule has 430 valence electrons. The Labute approximate surface area is 453 Å². The van der Waals surface area contributed by atoms with Gasteiger partial charge in [0, 0.05) is 12.8 Å². The van der Waals surface area contributed by atoms with Gasteiger partial charge in [0.1, 0.15) is 19.3 Å². The molecular formula is C63H121N2O7P. The molecule has 0 heterocycles. The third kappa shape index (κ3) is 54.8. The predicted octanol–water partition coefficient (Wildman–Crippen LogP) is 18.5. The Balaban J connectivity index is 5.19. The molecule has 0 bridgehead atoms. The van der Waals surface area contributed by atoms with Crippen LogP contribution in [-0.2, 0) is 27.9 Å². The summed E-state index contributed by atoms with van der Waals surface area (Å²) in [6, 6.07) is -0.887. The Morgan fingerprint density at radius 2 is 0.836 bits per heavy atom. The molecule has 0 radical (unpaired) electrons. The van der Waals surface area contributed by atoms with Crippen LogP contribution in [0.25, 0.3) is 0 Å². The number of ether oxygens (including phenoxy) is 1. The monoisotopic (exact) mass is 1050 g/mol. The van der Waals surface area contributed by atoms with Gasteiger partial charge in [0.25, 0.3) is 7.82 Å². The summed E-state index contributed by atoms with van der Waals surface area (Å²) in [6.07, 6.45) is 63.9. The summed E-state index contributed by atoms with van der Waals surface area (Å²) in [7, 11) is 1.19. The molecule has 0 rings (SSSR count). The average Bonchev–Trinajstić information content (AvgIpc) is 3.35. The van der Waals surface area contributed by atoms with Crippen molar-refractivity contribution in [2.24, 2.45) is 0 Å². The number of allylic oxidation sites excluding steroid dienone is 5. The number of carbonyl (C=O) groups excluding carboxylic acids is 2. The van der Waals surface area contributed by atoms with E-state index in [4.69, 9.17) is 13.8 Å². The number of phosphoric ester groups is 1. The number of carbonyl (C=O) groups is 2. The molecule has 0 fully saturated rings. The lowest BCUT2D eigenvalue weighted by Crippen LogP contribution is -2.47. The summed E-state index contributed by atoms with van der Waals surface area (Å²) in [5, 5.41) is 3.03. The summed E-state index contributed by atoms with van der Waals surface area (Å²) in [4.78, 5) is 39.9. The minimum Gasteiger partial charge on any atom is -0.756 e. The zero-order valence-corrected chi connectivity index (χ0v) is 50.0. The van der Waals surface area contributed by atoms with E-state index in [9.17, 15) is 19.0 Å². The highest BCUT2D eigenvalue weighted by Gasteiger charge is 2.27. The number of hydrogen-bond donors (Lipinski definition) is 1. The van der Waals surface area contributed by atoms with Crippen LogP contribution in [0.2, 0.25) is 0 Å². The third-order valence-electron chi connectivity index (χ3n) is 14.1. The van der Waals surface area contributed by atoms with Crippen LogP contribution in [0, 0.1) is 0 Å². The first-order valence-electron chi connectivity index (χ1n) is 31.3. The van der Waals surface area contributed by atoms with Gasteiger partial charge in [0.15, 0.2) is 0 Å². The Bertz CT molecular complexity index is 1350. The van der Waals surface area contributed by atoms with Crippen LogP contribution in [0.15, 0.2) is 36.5 Å². The molecule has 3 atom stereocenters. The standard InChI is InChI=1S/C63H121N2O7P/c1-7-10-13-16-19-22-25-27-29-31-32-34-35-37-40-43-46-49-52-55-62(66)64-60(59-71-73(68,69)70-58-57-65(4,5)6)61(54-51-48-45-42-39-24-21-18-15-12-9-3)72-63(67)56-53-50-47-44-41-38-36-33-30-28-26-23-20-17-14-11-8-2/h20,23,28,30,51,54,60-61H,7-19,21-22,24-27,29,31-50,52-53,55-59H2,1-6H3,(H-,64,66,68,69)/b23-20-,30-28-,54-51+. The normalized spacial score (nSPS) is 13.9. The zero-order valence-electron chi connectivity index (χ0n) is 49.1. The molecule has 0 aliphatic carbocycles. The summed E-state index contributed by atoms with van der Waals surface area (Å²) in [5.41, 5.74) is 0. The maximum Gasteiger partial charge on any atom is 0.306 e. The van der Waals surface area contributed by atoms with Gasteiger partial charge in [-0.3, -0.25) is 14.2 Å². The molecule has 0 saturated carbocycles. The number of unbranched alkanes of at least 4 members (excludes halogenated alkanes) is 37. The van der Waals surface area contributed by atoms with Gasteiger partial charge in [0.2, 0.25) is 5.91 Å². The molecule has 73 heavy (non-hydrogen) atoms. The zero-order chi connectivity index (χ0) is 53.6. The van der Waals surface area contributed by atoms with Crippen molar-refractivity contribution in [2.45, 2.75) is 315 Å². The maximum absolute atomic E-state index is 13.5. The Morgan fingerprint density at radius 1 is 0.479 bits per heavy atom. The minimum absolute atomic E-state index is 0.0214. The number of esters is 1. The third-order valence-corrected chi connectivity index (χ3v) is 15.0. The van der Waals surface area contributed by atoms with Crippen molar-refractivity contribution in [3.05, 3.63) is 36.5 Å². The van der Waals surface area contributed by atoms with Crippen LogP contribution < -0.4 is 10.2 Å². The number of phosphoric acid groups is 1. The van der Waals surface area contributed by atoms with E-state index >= 15 is 0 Å². The lowest BCUT2D eigenvalue weighted by atomic mass is 10.0. The van der Waals surface area contributed by atoms with Crippen molar-refractivity contribution in [1.82, 2.24) is 5.32 Å². The SMILES string of the molecule is CCCCC/C=C\C/C=C\CCCCCCCCCC(=O)OC(/C=C/CCCCCCCCCCC)C(COP(=O)([O-])OCC[N+](C)(C)C)NC(=O)CCCCCCCCCCCCCCCCCCCCC. The Hall–Kier alpha value is -1.77. The fraction of sp³-hybridized carbons (Fsp3) is 0.873. The lowest BCUT2D eigenvalue weighted by molar-refractivity contribution is -0.870. The van der Waals surface area contributed by atoms with E-state index in [1.807, 2.05) is 33.3 Å². The van der Waals surface area contributed by atoms with E-state index in [1.165, 1.54) is 193 Å². The molecule has 0 spiro atoms. The molecule has 0 saturated heterocycles. The molecular weight excluding hydrogens is 928 g/mol. The highest BCUT2D eigenvalue weighted by molar-refractivity contribution is 7.45. The van der Waals surface area contributed by atoms with Gasteiger partial charge in [-0.05, 0) is 63.9 Å². The lowest BCUT2D eigenvalue weighted by Gasteiger charge is -2.30. The van der Waals surface area contributed by atoms with Crippen molar-refractivity contribution in [2.75, 3.05) is 40.9 Å². The second-order valence-electron chi connectivity index (χ2n) is 22.6. The molecule has 1 N–H and O–H groups in total. The number of nitrogens with one attached hydrogen (secondary N) is 1. The van der Waals surface area contributed by atoms with Gasteiger partial charge in [0.05, 0.1) is 33.8 Å². The van der Waals surface area contributed by atoms with E-state index in [-0.39, 0.29) is 31.5 Å². The van der Waals surface area contributed by atoms with Crippen molar-refractivity contribution >= 4 is 19.7 Å². The second kappa shape index (κ2) is 53.6. The Kier molecular flexibility index (Phi) is 52.3. The first kappa shape index (κ1) is 71.2. The van der Waals surface area contributed by atoms with Crippen molar-refractivity contribution < 1.29 is 37.3 Å². The molecule has 0 aromatic rings. The summed E-state index contributed by atoms with van der Waals surface area (Å²) in [5.74, 6) is -0.537. The van der Waals surface area contributed by atoms with Gasteiger partial charge >= 0.3 is 5.97 Å². The van der Waals surface area contributed by atoms with Crippen LogP contribution in [0.1, 0.15) is 303 Å². The van der Waals surface area contributed by atoms with E-state index in [0.29, 0.717) is 17.4 Å². The van der Waals surface area contributed by atoms with Gasteiger partial charge in [-0.25, -0.2) is 0 Å². The highest BCUT2D eigenvalue weighted by atomic mass is 31.2. The fourth-order valence-corrected chi connectivity index (χ4v) is 9.92. The topological polar surface area (TPSA) is 114 Å². The summed E-state index contributed by atoms with van der Waals surface area (Å²) < 4.78 is 30.3. The molecule has 9 nitrogen and oxygen atoms in total. The molecule has 3 unspecified atom stereocenters. The van der Waals surface area contributed by atoms with E-state index in [2.05, 4.69) is 50.4 Å². The minimum atomic E-state index is -4.69. The molecule has 0 aromatic heterocycles. The van der Waals surface area contributed by atoms with Gasteiger partial charge in [-0.15, -0.1) is 0 Å². The smallest absolute Gasteiger partial charge is 0.306 e. The maximum atomic E-state index is 13.5. The van der Waals surface area contributed by atoms with Crippen LogP contribution in [0.4, 0.5) is 0 Å². The number of rotatable bonds is 57. The summed E-state index contributed by atoms with van der Waals surface area (Å²) in [6.45, 7) is 6.84. The molecule has 0 aromatic carbocycles. The summed E-state index contributed by atoms with van der Waals surface area (Å²) >= 11 is 0. The number of likely N-dealkylation sites (N-methyl/N-ethyl adjacent to an activating group) is 1. The van der Waals surface area contributed by atoms with Gasteiger partial charge in [-0.2, -0.15) is 0 Å². The van der Waals surface area contributed by atoms with E-state index < -0.39 is 20.0 Å². The molecule has 0 aliphatic rings. The van der Waals surface area contributed by atoms with Crippen molar-refractivity contribution in [3.63, 3.8) is 0 Å². The predicted molar refractivity (Wildman–Crippen MR) is 312 cm³/mol. The first-order valence-corrected chi connectivity index (χ1v) is 32.8.